The number of aliphatic imine (C=N–C) groups is 1. The smallest absolute Gasteiger partial charge is 0.191 e. The van der Waals surface area contributed by atoms with E-state index in [-0.39, 0.29) is 24.0 Å². The topological polar surface area (TPSA) is 57.5 Å². The summed E-state index contributed by atoms with van der Waals surface area (Å²) in [4.78, 5) is 6.45. The van der Waals surface area contributed by atoms with Gasteiger partial charge in [-0.05, 0) is 31.3 Å². The zero-order valence-corrected chi connectivity index (χ0v) is 17.1. The molecule has 132 valence electrons. The molecule has 2 aromatic rings. The Labute approximate surface area is 161 Å². The van der Waals surface area contributed by atoms with E-state index in [1.807, 2.05) is 17.8 Å². The molecule has 0 fully saturated rings. The monoisotopic (exact) mass is 442 g/mol. The van der Waals surface area contributed by atoms with Gasteiger partial charge in [-0.25, -0.2) is 0 Å². The van der Waals surface area contributed by atoms with Crippen LogP contribution in [0, 0.1) is 0 Å². The van der Waals surface area contributed by atoms with Gasteiger partial charge >= 0.3 is 0 Å². The summed E-state index contributed by atoms with van der Waals surface area (Å²) < 4.78 is 1.85. The average molecular weight is 442 g/mol. The van der Waals surface area contributed by atoms with Gasteiger partial charge in [0.05, 0.1) is 12.2 Å². The molecule has 24 heavy (non-hydrogen) atoms. The summed E-state index contributed by atoms with van der Waals surface area (Å²) in [5, 5.41) is 10.8. The first-order chi connectivity index (χ1) is 11.1. The van der Waals surface area contributed by atoms with Crippen molar-refractivity contribution in [3.8, 4) is 0 Å². The first kappa shape index (κ1) is 20.4. The molecule has 0 amide bonds. The Kier molecular flexibility index (Phi) is 8.77. The van der Waals surface area contributed by atoms with Crippen LogP contribution >= 0.6 is 24.0 Å². The lowest BCUT2D eigenvalue weighted by Gasteiger charge is -2.16. The van der Waals surface area contributed by atoms with E-state index in [0.29, 0.717) is 6.54 Å². The predicted molar refractivity (Wildman–Crippen MR) is 109 cm³/mol. The SMILES string of the molecule is CN=C(NCc1ccccc1CN(C)C)NCc1ccnn1C.I. The van der Waals surface area contributed by atoms with Crippen molar-refractivity contribution >= 4 is 29.9 Å². The molecule has 0 spiro atoms. The number of hydrogen-bond acceptors (Lipinski definition) is 3. The Bertz CT molecular complexity index is 650. The van der Waals surface area contributed by atoms with E-state index in [1.165, 1.54) is 11.1 Å². The highest BCUT2D eigenvalue weighted by Gasteiger charge is 2.05. The minimum atomic E-state index is 0. The Balaban J connectivity index is 0.00000288. The molecule has 0 aliphatic heterocycles. The summed E-state index contributed by atoms with van der Waals surface area (Å²) in [5.74, 6) is 0.783. The fraction of sp³-hybridized carbons (Fsp3) is 0.412. The molecule has 7 heteroatoms. The second kappa shape index (κ2) is 10.3. The van der Waals surface area contributed by atoms with Gasteiger partial charge in [0.2, 0.25) is 0 Å². The second-order valence-corrected chi connectivity index (χ2v) is 5.73. The van der Waals surface area contributed by atoms with Crippen LogP contribution < -0.4 is 10.6 Å². The van der Waals surface area contributed by atoms with E-state index >= 15 is 0 Å². The molecule has 1 heterocycles. The molecule has 0 bridgehead atoms. The second-order valence-electron chi connectivity index (χ2n) is 5.73. The highest BCUT2D eigenvalue weighted by atomic mass is 127. The molecule has 0 aliphatic rings. The van der Waals surface area contributed by atoms with Crippen LogP contribution in [0.4, 0.5) is 0 Å². The van der Waals surface area contributed by atoms with Gasteiger partial charge in [0.1, 0.15) is 0 Å². The number of hydrogen-bond donors (Lipinski definition) is 2. The maximum atomic E-state index is 4.28. The molecular formula is C17H27IN6. The Morgan fingerprint density at radius 2 is 1.79 bits per heavy atom. The van der Waals surface area contributed by atoms with E-state index in [9.17, 15) is 0 Å². The summed E-state index contributed by atoms with van der Waals surface area (Å²) in [6, 6.07) is 10.5. The summed E-state index contributed by atoms with van der Waals surface area (Å²) in [6.07, 6.45) is 1.80. The third kappa shape index (κ3) is 6.12. The lowest BCUT2D eigenvalue weighted by Crippen LogP contribution is -2.37. The molecule has 0 saturated carbocycles. The van der Waals surface area contributed by atoms with Crippen LogP contribution in [0.1, 0.15) is 16.8 Å². The molecule has 2 N–H and O–H groups in total. The number of rotatable bonds is 6. The fourth-order valence-electron chi connectivity index (χ4n) is 2.37. The number of nitrogens with one attached hydrogen (secondary N) is 2. The molecule has 0 aliphatic carbocycles. The molecule has 0 saturated heterocycles. The maximum absolute atomic E-state index is 4.28. The summed E-state index contributed by atoms with van der Waals surface area (Å²) in [7, 11) is 7.88. The Morgan fingerprint density at radius 3 is 2.38 bits per heavy atom. The third-order valence-corrected chi connectivity index (χ3v) is 3.63. The van der Waals surface area contributed by atoms with Gasteiger partial charge in [0.25, 0.3) is 0 Å². The van der Waals surface area contributed by atoms with Crippen molar-refractivity contribution in [2.45, 2.75) is 19.6 Å². The number of aromatic nitrogens is 2. The number of guanidine groups is 1. The molecule has 2 rings (SSSR count). The molecule has 6 nitrogen and oxygen atoms in total. The fourth-order valence-corrected chi connectivity index (χ4v) is 2.37. The minimum absolute atomic E-state index is 0. The summed E-state index contributed by atoms with van der Waals surface area (Å²) in [6.45, 7) is 2.36. The normalized spacial score (nSPS) is 11.3. The van der Waals surface area contributed by atoms with Crippen molar-refractivity contribution in [1.82, 2.24) is 25.3 Å². The minimum Gasteiger partial charge on any atom is -0.352 e. The lowest BCUT2D eigenvalue weighted by molar-refractivity contribution is 0.400. The number of benzene rings is 1. The number of nitrogens with zero attached hydrogens (tertiary/aromatic N) is 4. The Hall–Kier alpha value is -1.61. The van der Waals surface area contributed by atoms with E-state index in [1.54, 1.807) is 13.2 Å². The molecule has 0 unspecified atom stereocenters. The van der Waals surface area contributed by atoms with Crippen molar-refractivity contribution < 1.29 is 0 Å². The lowest BCUT2D eigenvalue weighted by atomic mass is 10.1. The standard InChI is InChI=1S/C17H26N6.HI/c1-18-17(20-12-16-9-10-21-23(16)4)19-11-14-7-5-6-8-15(14)13-22(2)3;/h5-10H,11-13H2,1-4H3,(H2,18,19,20);1H. The van der Waals surface area contributed by atoms with Crippen LogP contribution in [0.25, 0.3) is 0 Å². The van der Waals surface area contributed by atoms with Gasteiger partial charge in [-0.3, -0.25) is 9.67 Å². The zero-order valence-electron chi connectivity index (χ0n) is 14.8. The van der Waals surface area contributed by atoms with Gasteiger partial charge in [0, 0.05) is 33.4 Å². The summed E-state index contributed by atoms with van der Waals surface area (Å²) >= 11 is 0. The van der Waals surface area contributed by atoms with Gasteiger partial charge in [-0.2, -0.15) is 5.10 Å². The van der Waals surface area contributed by atoms with Crippen LogP contribution in [0.2, 0.25) is 0 Å². The van der Waals surface area contributed by atoms with Crippen molar-refractivity contribution in [2.24, 2.45) is 12.0 Å². The first-order valence-electron chi connectivity index (χ1n) is 7.73. The van der Waals surface area contributed by atoms with Gasteiger partial charge < -0.3 is 15.5 Å². The van der Waals surface area contributed by atoms with Crippen LogP contribution in [0.15, 0.2) is 41.5 Å². The van der Waals surface area contributed by atoms with Gasteiger partial charge in [-0.1, -0.05) is 24.3 Å². The first-order valence-corrected chi connectivity index (χ1v) is 7.73. The van der Waals surface area contributed by atoms with Crippen LogP contribution in [-0.4, -0.2) is 41.8 Å². The molecule has 1 aromatic carbocycles. The van der Waals surface area contributed by atoms with Crippen molar-refractivity contribution in [3.05, 3.63) is 53.3 Å². The van der Waals surface area contributed by atoms with Crippen LogP contribution in [0.5, 0.6) is 0 Å². The van der Waals surface area contributed by atoms with E-state index in [2.05, 4.69) is 64.0 Å². The molecule has 1 aromatic heterocycles. The van der Waals surface area contributed by atoms with Crippen LogP contribution in [-0.2, 0) is 26.7 Å². The van der Waals surface area contributed by atoms with Crippen molar-refractivity contribution in [2.75, 3.05) is 21.1 Å². The molecule has 0 radical (unpaired) electrons. The highest BCUT2D eigenvalue weighted by Crippen LogP contribution is 2.10. The maximum Gasteiger partial charge on any atom is 0.191 e. The van der Waals surface area contributed by atoms with Crippen molar-refractivity contribution in [3.63, 3.8) is 0 Å². The van der Waals surface area contributed by atoms with Crippen LogP contribution in [0.3, 0.4) is 0 Å². The molecule has 0 atom stereocenters. The zero-order chi connectivity index (χ0) is 16.7. The predicted octanol–water partition coefficient (Wildman–Crippen LogP) is 1.96. The number of halogens is 1. The quantitative estimate of drug-likeness (QED) is 0.408. The molecular weight excluding hydrogens is 415 g/mol. The van der Waals surface area contributed by atoms with E-state index < -0.39 is 0 Å². The average Bonchev–Trinajstić information content (AvgIpc) is 2.93. The van der Waals surface area contributed by atoms with Gasteiger partial charge in [-0.15, -0.1) is 24.0 Å². The van der Waals surface area contributed by atoms with Crippen molar-refractivity contribution in [1.29, 1.82) is 0 Å². The third-order valence-electron chi connectivity index (χ3n) is 3.63. The highest BCUT2D eigenvalue weighted by molar-refractivity contribution is 14.0. The van der Waals surface area contributed by atoms with E-state index in [4.69, 9.17) is 0 Å². The van der Waals surface area contributed by atoms with Gasteiger partial charge in [0.15, 0.2) is 5.96 Å². The largest absolute Gasteiger partial charge is 0.352 e. The Morgan fingerprint density at radius 1 is 1.12 bits per heavy atom. The van der Waals surface area contributed by atoms with E-state index in [0.717, 1.165) is 24.7 Å². The summed E-state index contributed by atoms with van der Waals surface area (Å²) in [5.41, 5.74) is 3.72. The number of aryl methyl sites for hydroxylation is 1.